The van der Waals surface area contributed by atoms with Crippen molar-refractivity contribution >= 4 is 11.6 Å². The van der Waals surface area contributed by atoms with Gasteiger partial charge in [0.25, 0.3) is 0 Å². The molecule has 112 valence electrons. The second-order valence-electron chi connectivity index (χ2n) is 4.39. The number of carbonyl (C=O) groups is 1. The summed E-state index contributed by atoms with van der Waals surface area (Å²) < 4.78 is 38.0. The fraction of sp³-hybridized carbons (Fsp3) is 0.462. The van der Waals surface area contributed by atoms with Crippen molar-refractivity contribution < 1.29 is 23.1 Å². The van der Waals surface area contributed by atoms with E-state index >= 15 is 0 Å². The number of nitrogens with one attached hydrogen (secondary N) is 2. The van der Waals surface area contributed by atoms with Crippen molar-refractivity contribution in [2.75, 3.05) is 18.9 Å². The summed E-state index contributed by atoms with van der Waals surface area (Å²) in [7, 11) is 1.70. The lowest BCUT2D eigenvalue weighted by Crippen LogP contribution is -2.16. The molecule has 0 aliphatic rings. The minimum Gasteiger partial charge on any atom is -0.388 e. The van der Waals surface area contributed by atoms with Crippen LogP contribution in [0, 0.1) is 0 Å². The highest BCUT2D eigenvalue weighted by molar-refractivity contribution is 5.89. The third kappa shape index (κ3) is 4.50. The Labute approximate surface area is 115 Å². The van der Waals surface area contributed by atoms with Gasteiger partial charge in [-0.1, -0.05) is 6.07 Å². The Morgan fingerprint density at radius 2 is 2.05 bits per heavy atom. The summed E-state index contributed by atoms with van der Waals surface area (Å²) in [6, 6.07) is 2.91. The molecule has 1 aromatic carbocycles. The van der Waals surface area contributed by atoms with E-state index in [4.69, 9.17) is 0 Å². The summed E-state index contributed by atoms with van der Waals surface area (Å²) in [4.78, 5) is 11.1. The first-order valence-corrected chi connectivity index (χ1v) is 6.07. The average Bonchev–Trinajstić information content (AvgIpc) is 2.34. The predicted octanol–water partition coefficient (Wildman–Crippen LogP) is 2.31. The molecule has 1 amide bonds. The number of benzene rings is 1. The van der Waals surface area contributed by atoms with E-state index in [0.29, 0.717) is 13.0 Å². The van der Waals surface area contributed by atoms with Gasteiger partial charge in [-0.2, -0.15) is 13.2 Å². The van der Waals surface area contributed by atoms with Gasteiger partial charge < -0.3 is 15.7 Å². The second-order valence-corrected chi connectivity index (χ2v) is 4.39. The van der Waals surface area contributed by atoms with Gasteiger partial charge in [0.15, 0.2) is 0 Å². The van der Waals surface area contributed by atoms with Gasteiger partial charge in [0.05, 0.1) is 11.7 Å². The Kier molecular flexibility index (Phi) is 5.52. The highest BCUT2D eigenvalue weighted by Crippen LogP contribution is 2.34. The number of hydrogen-bond donors (Lipinski definition) is 3. The van der Waals surface area contributed by atoms with Crippen LogP contribution in [0.3, 0.4) is 0 Å². The van der Waals surface area contributed by atoms with E-state index in [9.17, 15) is 23.1 Å². The largest absolute Gasteiger partial charge is 0.416 e. The zero-order chi connectivity index (χ0) is 15.3. The van der Waals surface area contributed by atoms with Crippen LogP contribution in [-0.4, -0.2) is 24.6 Å². The molecule has 3 N–H and O–H groups in total. The smallest absolute Gasteiger partial charge is 0.388 e. The van der Waals surface area contributed by atoms with Crippen molar-refractivity contribution in [3.63, 3.8) is 0 Å². The van der Waals surface area contributed by atoms with Gasteiger partial charge in [-0.15, -0.1) is 0 Å². The predicted molar refractivity (Wildman–Crippen MR) is 69.3 cm³/mol. The van der Waals surface area contributed by atoms with Gasteiger partial charge in [0, 0.05) is 18.2 Å². The number of halogens is 3. The molecule has 4 nitrogen and oxygen atoms in total. The quantitative estimate of drug-likeness (QED) is 0.780. The van der Waals surface area contributed by atoms with Crippen LogP contribution >= 0.6 is 0 Å². The maximum Gasteiger partial charge on any atom is 0.416 e. The fourth-order valence-electron chi connectivity index (χ4n) is 1.76. The maximum absolute atomic E-state index is 12.7. The molecule has 1 rings (SSSR count). The number of aliphatic hydroxyl groups is 1. The second kappa shape index (κ2) is 6.71. The normalized spacial score (nSPS) is 13.1. The fourth-order valence-corrected chi connectivity index (χ4v) is 1.76. The molecule has 1 unspecified atom stereocenters. The third-order valence-corrected chi connectivity index (χ3v) is 2.72. The molecule has 7 heteroatoms. The molecule has 0 aliphatic heterocycles. The van der Waals surface area contributed by atoms with Gasteiger partial charge in [-0.05, 0) is 32.1 Å². The zero-order valence-corrected chi connectivity index (χ0v) is 11.2. The van der Waals surface area contributed by atoms with Crippen LogP contribution in [0.4, 0.5) is 18.9 Å². The molecule has 1 atom stereocenters. The lowest BCUT2D eigenvalue weighted by Gasteiger charge is -2.18. The summed E-state index contributed by atoms with van der Waals surface area (Å²) >= 11 is 0. The Hall–Kier alpha value is -1.60. The molecule has 0 saturated heterocycles. The number of aliphatic hydroxyl groups excluding tert-OH is 1. The topological polar surface area (TPSA) is 61.4 Å². The van der Waals surface area contributed by atoms with Crippen molar-refractivity contribution in [2.45, 2.75) is 25.6 Å². The maximum atomic E-state index is 12.7. The Balaban J connectivity index is 3.12. The summed E-state index contributed by atoms with van der Waals surface area (Å²) in [5, 5.41) is 15.1. The number of anilines is 1. The molecule has 0 bridgehead atoms. The first kappa shape index (κ1) is 16.5. The summed E-state index contributed by atoms with van der Waals surface area (Å²) in [6.07, 6.45) is -5.12. The van der Waals surface area contributed by atoms with E-state index in [-0.39, 0.29) is 11.3 Å². The molecule has 0 aromatic heterocycles. The van der Waals surface area contributed by atoms with Gasteiger partial charge in [0.1, 0.15) is 0 Å². The minimum absolute atomic E-state index is 0.0177. The van der Waals surface area contributed by atoms with Crippen molar-refractivity contribution in [1.82, 2.24) is 5.32 Å². The number of amides is 1. The molecular formula is C13H17F3N2O2. The lowest BCUT2D eigenvalue weighted by molar-refractivity contribution is -0.137. The minimum atomic E-state index is -4.50. The molecular weight excluding hydrogens is 273 g/mol. The summed E-state index contributed by atoms with van der Waals surface area (Å²) in [5.74, 6) is -0.494. The lowest BCUT2D eigenvalue weighted by atomic mass is 10.0. The molecule has 0 heterocycles. The SMILES string of the molecule is CNCCC(O)c1ccc(C(F)(F)F)cc1NC(C)=O. The van der Waals surface area contributed by atoms with Crippen LogP contribution in [0.1, 0.15) is 30.6 Å². The Bertz CT molecular complexity index is 475. The van der Waals surface area contributed by atoms with Crippen LogP contribution in [0.5, 0.6) is 0 Å². The first-order valence-electron chi connectivity index (χ1n) is 6.07. The standard InChI is InChI=1S/C13H17F3N2O2/c1-8(19)18-11-7-9(13(14,15)16)3-4-10(11)12(20)5-6-17-2/h3-4,7,12,17,20H,5-6H2,1-2H3,(H,18,19). The molecule has 20 heavy (non-hydrogen) atoms. The van der Waals surface area contributed by atoms with E-state index in [1.54, 1.807) is 7.05 Å². The molecule has 0 aliphatic carbocycles. The number of hydrogen-bond acceptors (Lipinski definition) is 3. The zero-order valence-electron chi connectivity index (χ0n) is 11.2. The summed E-state index contributed by atoms with van der Waals surface area (Å²) in [5.41, 5.74) is -0.620. The van der Waals surface area contributed by atoms with Gasteiger partial charge >= 0.3 is 6.18 Å². The van der Waals surface area contributed by atoms with Crippen LogP contribution in [0.25, 0.3) is 0 Å². The first-order chi connectivity index (χ1) is 9.25. The van der Waals surface area contributed by atoms with Gasteiger partial charge in [-0.25, -0.2) is 0 Å². The van der Waals surface area contributed by atoms with Crippen LogP contribution in [0.2, 0.25) is 0 Å². The number of rotatable bonds is 5. The summed E-state index contributed by atoms with van der Waals surface area (Å²) in [6.45, 7) is 1.70. The van der Waals surface area contributed by atoms with E-state index in [0.717, 1.165) is 12.1 Å². The van der Waals surface area contributed by atoms with E-state index in [1.165, 1.54) is 13.0 Å². The molecule has 1 aromatic rings. The molecule has 0 spiro atoms. The molecule has 0 fully saturated rings. The average molecular weight is 290 g/mol. The number of alkyl halides is 3. The van der Waals surface area contributed by atoms with Crippen LogP contribution < -0.4 is 10.6 Å². The van der Waals surface area contributed by atoms with E-state index in [2.05, 4.69) is 10.6 Å². The number of carbonyl (C=O) groups excluding carboxylic acids is 1. The van der Waals surface area contributed by atoms with Gasteiger partial charge in [0.2, 0.25) is 5.91 Å². The highest BCUT2D eigenvalue weighted by atomic mass is 19.4. The van der Waals surface area contributed by atoms with Crippen molar-refractivity contribution in [3.8, 4) is 0 Å². The highest BCUT2D eigenvalue weighted by Gasteiger charge is 2.31. The van der Waals surface area contributed by atoms with Crippen molar-refractivity contribution in [3.05, 3.63) is 29.3 Å². The monoisotopic (exact) mass is 290 g/mol. The van der Waals surface area contributed by atoms with Gasteiger partial charge in [-0.3, -0.25) is 4.79 Å². The molecule has 0 radical (unpaired) electrons. The van der Waals surface area contributed by atoms with Crippen molar-refractivity contribution in [2.24, 2.45) is 0 Å². The van der Waals surface area contributed by atoms with Crippen LogP contribution in [-0.2, 0) is 11.0 Å². The Morgan fingerprint density at radius 1 is 1.40 bits per heavy atom. The van der Waals surface area contributed by atoms with Crippen molar-refractivity contribution in [1.29, 1.82) is 0 Å². The molecule has 0 saturated carbocycles. The Morgan fingerprint density at radius 3 is 2.55 bits per heavy atom. The third-order valence-electron chi connectivity index (χ3n) is 2.72. The van der Waals surface area contributed by atoms with Crippen LogP contribution in [0.15, 0.2) is 18.2 Å². The van der Waals surface area contributed by atoms with E-state index < -0.39 is 23.8 Å². The van der Waals surface area contributed by atoms with E-state index in [1.807, 2.05) is 0 Å².